The van der Waals surface area contributed by atoms with Gasteiger partial charge in [-0.1, -0.05) is 45.8 Å². The predicted molar refractivity (Wildman–Crippen MR) is 84.9 cm³/mol. The van der Waals surface area contributed by atoms with Crippen molar-refractivity contribution in [3.05, 3.63) is 57.6 Å². The van der Waals surface area contributed by atoms with Crippen LogP contribution in [0.5, 0.6) is 11.5 Å². The topological polar surface area (TPSA) is 42.2 Å². The molecule has 0 saturated heterocycles. The summed E-state index contributed by atoms with van der Waals surface area (Å²) < 4.78 is 11.6. The summed E-state index contributed by atoms with van der Waals surface area (Å²) in [6.07, 6.45) is 1.84. The molecule has 4 heteroatoms. The molecule has 2 aromatic rings. The van der Waals surface area contributed by atoms with Gasteiger partial charge in [0.25, 0.3) is 0 Å². The van der Waals surface area contributed by atoms with Crippen molar-refractivity contribution in [3.8, 4) is 17.6 Å². The van der Waals surface area contributed by atoms with Crippen LogP contribution in [0.4, 0.5) is 0 Å². The molecule has 0 unspecified atom stereocenters. The van der Waals surface area contributed by atoms with Gasteiger partial charge in [-0.3, -0.25) is 0 Å². The van der Waals surface area contributed by atoms with Crippen molar-refractivity contribution in [2.24, 2.45) is 0 Å². The zero-order valence-electron chi connectivity index (χ0n) is 11.4. The first-order valence-electron chi connectivity index (χ1n) is 6.45. The van der Waals surface area contributed by atoms with E-state index < -0.39 is 0 Å². The Balaban J connectivity index is 2.03. The fourth-order valence-electron chi connectivity index (χ4n) is 2.11. The van der Waals surface area contributed by atoms with Crippen molar-refractivity contribution in [2.45, 2.75) is 6.92 Å². The van der Waals surface area contributed by atoms with E-state index in [1.54, 1.807) is 0 Å². The van der Waals surface area contributed by atoms with Crippen molar-refractivity contribution in [3.63, 3.8) is 0 Å². The maximum absolute atomic E-state index is 9.40. The van der Waals surface area contributed by atoms with Gasteiger partial charge in [0.2, 0.25) is 6.79 Å². The minimum Gasteiger partial charge on any atom is -0.454 e. The highest BCUT2D eigenvalue weighted by atomic mass is 79.9. The molecule has 3 rings (SSSR count). The summed E-state index contributed by atoms with van der Waals surface area (Å²) in [7, 11) is 0. The molecule has 2 aromatic carbocycles. The predicted octanol–water partition coefficient (Wildman–Crippen LogP) is 4.55. The molecule has 0 bridgehead atoms. The van der Waals surface area contributed by atoms with E-state index in [0.29, 0.717) is 17.1 Å². The van der Waals surface area contributed by atoms with Gasteiger partial charge in [-0.2, -0.15) is 5.26 Å². The van der Waals surface area contributed by atoms with E-state index in [1.807, 2.05) is 49.4 Å². The van der Waals surface area contributed by atoms with Gasteiger partial charge < -0.3 is 9.47 Å². The number of hydrogen-bond donors (Lipinski definition) is 0. The monoisotopic (exact) mass is 341 g/mol. The summed E-state index contributed by atoms with van der Waals surface area (Å²) in [5.74, 6) is 1.42. The first kappa shape index (κ1) is 13.7. The van der Waals surface area contributed by atoms with Gasteiger partial charge >= 0.3 is 0 Å². The molecule has 3 nitrogen and oxygen atoms in total. The second kappa shape index (κ2) is 5.63. The molecule has 0 N–H and O–H groups in total. The summed E-state index contributed by atoms with van der Waals surface area (Å²) in [5.41, 5.74) is 3.55. The number of nitrogens with zero attached hydrogens (tertiary/aromatic N) is 1. The van der Waals surface area contributed by atoms with Crippen molar-refractivity contribution in [1.82, 2.24) is 0 Å². The molecule has 1 aliphatic rings. The molecule has 0 saturated carbocycles. The zero-order valence-corrected chi connectivity index (χ0v) is 13.0. The summed E-state index contributed by atoms with van der Waals surface area (Å²) in [4.78, 5) is 0. The summed E-state index contributed by atoms with van der Waals surface area (Å²) >= 11 is 3.50. The highest BCUT2D eigenvalue weighted by molar-refractivity contribution is 9.10. The maximum atomic E-state index is 9.40. The second-order valence-corrected chi connectivity index (χ2v) is 5.62. The number of hydrogen-bond acceptors (Lipinski definition) is 3. The minimum atomic E-state index is 0.234. The third kappa shape index (κ3) is 2.79. The highest BCUT2D eigenvalue weighted by Crippen LogP contribution is 2.38. The Bertz CT molecular complexity index is 758. The van der Waals surface area contributed by atoms with Gasteiger partial charge in [0, 0.05) is 4.47 Å². The van der Waals surface area contributed by atoms with Gasteiger partial charge in [0.1, 0.15) is 0 Å². The molecular formula is C17H12BrNO2. The maximum Gasteiger partial charge on any atom is 0.231 e. The van der Waals surface area contributed by atoms with E-state index in [4.69, 9.17) is 9.47 Å². The third-order valence-corrected chi connectivity index (χ3v) is 3.96. The van der Waals surface area contributed by atoms with Gasteiger partial charge in [0.15, 0.2) is 11.5 Å². The molecule has 0 amide bonds. The summed E-state index contributed by atoms with van der Waals surface area (Å²) in [6.45, 7) is 2.26. The Morgan fingerprint density at radius 3 is 2.52 bits per heavy atom. The molecule has 1 aliphatic heterocycles. The van der Waals surface area contributed by atoms with Crippen molar-refractivity contribution < 1.29 is 9.47 Å². The second-order valence-electron chi connectivity index (χ2n) is 4.76. The minimum absolute atomic E-state index is 0.234. The van der Waals surface area contributed by atoms with Crippen LogP contribution in [-0.4, -0.2) is 6.79 Å². The number of fused-ring (bicyclic) bond motifs is 1. The fourth-order valence-corrected chi connectivity index (χ4v) is 2.55. The van der Waals surface area contributed by atoms with Crippen LogP contribution in [0, 0.1) is 18.3 Å². The number of rotatable bonds is 2. The number of benzene rings is 2. The molecule has 0 fully saturated rings. The quantitative estimate of drug-likeness (QED) is 0.594. The van der Waals surface area contributed by atoms with Crippen LogP contribution in [-0.2, 0) is 0 Å². The molecule has 104 valence electrons. The van der Waals surface area contributed by atoms with Crippen LogP contribution in [0.3, 0.4) is 0 Å². The van der Waals surface area contributed by atoms with Crippen molar-refractivity contribution >= 4 is 27.6 Å². The van der Waals surface area contributed by atoms with Crippen LogP contribution >= 0.6 is 15.9 Å². The smallest absolute Gasteiger partial charge is 0.231 e. The van der Waals surface area contributed by atoms with E-state index in [0.717, 1.165) is 15.6 Å². The largest absolute Gasteiger partial charge is 0.454 e. The molecule has 0 radical (unpaired) electrons. The molecule has 0 aromatic heterocycles. The lowest BCUT2D eigenvalue weighted by Crippen LogP contribution is -1.92. The van der Waals surface area contributed by atoms with Crippen LogP contribution < -0.4 is 9.47 Å². The molecule has 0 spiro atoms. The molecule has 0 atom stereocenters. The molecular weight excluding hydrogens is 330 g/mol. The van der Waals surface area contributed by atoms with Crippen LogP contribution in [0.15, 0.2) is 40.9 Å². The van der Waals surface area contributed by atoms with Gasteiger partial charge in [0.05, 0.1) is 11.6 Å². The first-order chi connectivity index (χ1) is 10.2. The number of aryl methyl sites for hydroxylation is 1. The number of allylic oxidation sites excluding steroid dienone is 1. The highest BCUT2D eigenvalue weighted by Gasteiger charge is 2.16. The van der Waals surface area contributed by atoms with E-state index in [-0.39, 0.29) is 6.79 Å². The van der Waals surface area contributed by atoms with E-state index in [1.165, 1.54) is 5.56 Å². The average Bonchev–Trinajstić information content (AvgIpc) is 2.93. The van der Waals surface area contributed by atoms with Crippen molar-refractivity contribution in [2.75, 3.05) is 6.79 Å². The SMILES string of the molecule is Cc1ccc(/C(C#N)=C/c2cc3c(cc2Br)OCO3)cc1. The number of halogens is 1. The Kier molecular flexibility index (Phi) is 3.68. The van der Waals surface area contributed by atoms with E-state index in [9.17, 15) is 5.26 Å². The van der Waals surface area contributed by atoms with Gasteiger partial charge in [-0.25, -0.2) is 0 Å². The molecule has 21 heavy (non-hydrogen) atoms. The normalized spacial score (nSPS) is 13.1. The zero-order chi connectivity index (χ0) is 14.8. The van der Waals surface area contributed by atoms with Crippen LogP contribution in [0.25, 0.3) is 11.6 Å². The lowest BCUT2D eigenvalue weighted by Gasteiger charge is -2.04. The van der Waals surface area contributed by atoms with Crippen LogP contribution in [0.1, 0.15) is 16.7 Å². The number of ether oxygens (including phenoxy) is 2. The van der Waals surface area contributed by atoms with E-state index in [2.05, 4.69) is 22.0 Å². The molecule has 1 heterocycles. The Labute approximate surface area is 131 Å². The van der Waals surface area contributed by atoms with Crippen molar-refractivity contribution in [1.29, 1.82) is 5.26 Å². The third-order valence-electron chi connectivity index (χ3n) is 3.27. The van der Waals surface area contributed by atoms with Crippen LogP contribution in [0.2, 0.25) is 0 Å². The van der Waals surface area contributed by atoms with E-state index >= 15 is 0 Å². The molecule has 0 aliphatic carbocycles. The lowest BCUT2D eigenvalue weighted by molar-refractivity contribution is 0.174. The standard InChI is InChI=1S/C17H12BrNO2/c1-11-2-4-12(5-3-11)14(9-19)6-13-7-16-17(8-15(13)18)21-10-20-16/h2-8H,10H2,1H3/b14-6+. The summed E-state index contributed by atoms with van der Waals surface area (Å²) in [5, 5.41) is 9.40. The average molecular weight is 342 g/mol. The Hall–Kier alpha value is -2.25. The Morgan fingerprint density at radius 2 is 1.86 bits per heavy atom. The first-order valence-corrected chi connectivity index (χ1v) is 7.24. The van der Waals surface area contributed by atoms with Gasteiger partial charge in [-0.05, 0) is 36.3 Å². The lowest BCUT2D eigenvalue weighted by atomic mass is 10.0. The summed E-state index contributed by atoms with van der Waals surface area (Å²) in [6, 6.07) is 13.9. The fraction of sp³-hybridized carbons (Fsp3) is 0.118. The Morgan fingerprint density at radius 1 is 1.19 bits per heavy atom. The number of nitriles is 1. The van der Waals surface area contributed by atoms with Gasteiger partial charge in [-0.15, -0.1) is 0 Å².